The highest BCUT2D eigenvalue weighted by molar-refractivity contribution is 6.34. The Hall–Kier alpha value is -2.24. The fourth-order valence-corrected chi connectivity index (χ4v) is 3.06. The van der Waals surface area contributed by atoms with Crippen molar-refractivity contribution in [1.82, 2.24) is 5.32 Å². The number of carbonyl (C=O) groups is 2. The monoisotopic (exact) mass is 394 g/mol. The van der Waals surface area contributed by atoms with Gasteiger partial charge in [0.15, 0.2) is 6.61 Å². The summed E-state index contributed by atoms with van der Waals surface area (Å²) in [5.41, 5.74) is 3.84. The summed E-state index contributed by atoms with van der Waals surface area (Å²) < 4.78 is 5.32. The number of amides is 2. The number of halogens is 2. The van der Waals surface area contributed by atoms with Gasteiger partial charge in [0.2, 0.25) is 5.91 Å². The highest BCUT2D eigenvalue weighted by atomic mass is 35.5. The summed E-state index contributed by atoms with van der Waals surface area (Å²) in [6.07, 6.45) is 0. The topological polar surface area (TPSA) is 67.4 Å². The molecule has 2 aromatic rings. The van der Waals surface area contributed by atoms with E-state index in [1.807, 2.05) is 32.9 Å². The lowest BCUT2D eigenvalue weighted by Gasteiger charge is -2.13. The van der Waals surface area contributed by atoms with E-state index >= 15 is 0 Å². The number of benzene rings is 2. The maximum atomic E-state index is 12.1. The van der Waals surface area contributed by atoms with E-state index in [4.69, 9.17) is 27.9 Å². The van der Waals surface area contributed by atoms with Crippen molar-refractivity contribution in [2.45, 2.75) is 20.8 Å². The molecule has 0 unspecified atom stereocenters. The molecule has 26 heavy (non-hydrogen) atoms. The molecule has 0 atom stereocenters. The average Bonchev–Trinajstić information content (AvgIpc) is 2.53. The van der Waals surface area contributed by atoms with Crippen molar-refractivity contribution in [3.05, 3.63) is 57.1 Å². The van der Waals surface area contributed by atoms with Crippen LogP contribution < -0.4 is 15.4 Å². The van der Waals surface area contributed by atoms with Crippen molar-refractivity contribution in [3.8, 4) is 5.75 Å². The Balaban J connectivity index is 1.82. The van der Waals surface area contributed by atoms with Crippen LogP contribution >= 0.6 is 23.2 Å². The van der Waals surface area contributed by atoms with E-state index in [0.29, 0.717) is 15.8 Å². The molecular formula is C19H20Cl2N2O3. The predicted molar refractivity (Wildman–Crippen MR) is 104 cm³/mol. The summed E-state index contributed by atoms with van der Waals surface area (Å²) in [5.74, 6) is -0.346. The maximum Gasteiger partial charge on any atom is 0.258 e. The molecule has 2 N–H and O–H groups in total. The van der Waals surface area contributed by atoms with Crippen LogP contribution in [0, 0.1) is 20.8 Å². The Morgan fingerprint density at radius 1 is 0.923 bits per heavy atom. The van der Waals surface area contributed by atoms with Crippen LogP contribution in [0.3, 0.4) is 0 Å². The number of anilines is 1. The zero-order chi connectivity index (χ0) is 19.3. The Morgan fingerprint density at radius 3 is 2.08 bits per heavy atom. The summed E-state index contributed by atoms with van der Waals surface area (Å²) in [7, 11) is 0. The molecule has 0 saturated carbocycles. The molecule has 2 rings (SSSR count). The third-order valence-electron chi connectivity index (χ3n) is 3.59. The molecule has 2 amide bonds. The maximum absolute atomic E-state index is 12.1. The normalized spacial score (nSPS) is 10.3. The minimum Gasteiger partial charge on any atom is -0.484 e. The predicted octanol–water partition coefficient (Wildman–Crippen LogP) is 4.05. The van der Waals surface area contributed by atoms with Gasteiger partial charge in [-0.15, -0.1) is 0 Å². The third kappa shape index (κ3) is 5.93. The molecule has 138 valence electrons. The van der Waals surface area contributed by atoms with Crippen molar-refractivity contribution in [3.63, 3.8) is 0 Å². The largest absolute Gasteiger partial charge is 0.484 e. The van der Waals surface area contributed by atoms with E-state index in [1.165, 1.54) is 0 Å². The van der Waals surface area contributed by atoms with Crippen LogP contribution in [-0.4, -0.2) is 25.0 Å². The summed E-state index contributed by atoms with van der Waals surface area (Å²) in [6, 6.07) is 8.65. The molecule has 0 heterocycles. The van der Waals surface area contributed by atoms with Crippen LogP contribution in [0.25, 0.3) is 0 Å². The second-order valence-electron chi connectivity index (χ2n) is 5.99. The average molecular weight is 395 g/mol. The van der Waals surface area contributed by atoms with Gasteiger partial charge in [-0.2, -0.15) is 0 Å². The molecule has 0 aliphatic carbocycles. The number of rotatable bonds is 6. The second kappa shape index (κ2) is 8.92. The molecule has 0 aliphatic heterocycles. The molecule has 0 radical (unpaired) electrons. The van der Waals surface area contributed by atoms with Gasteiger partial charge >= 0.3 is 0 Å². The van der Waals surface area contributed by atoms with Gasteiger partial charge in [-0.05, 0) is 50.1 Å². The fraction of sp³-hybridized carbons (Fsp3) is 0.263. The lowest BCUT2D eigenvalue weighted by Crippen LogP contribution is -2.36. The molecule has 7 heteroatoms. The van der Waals surface area contributed by atoms with E-state index < -0.39 is 5.91 Å². The number of nitrogens with one attached hydrogen (secondary N) is 2. The van der Waals surface area contributed by atoms with Crippen molar-refractivity contribution >= 4 is 40.7 Å². The Labute approximate surface area is 162 Å². The molecule has 2 aromatic carbocycles. The van der Waals surface area contributed by atoms with Gasteiger partial charge in [0, 0.05) is 15.7 Å². The van der Waals surface area contributed by atoms with Gasteiger partial charge in [-0.25, -0.2) is 0 Å². The lowest BCUT2D eigenvalue weighted by molar-refractivity contribution is -0.125. The molecule has 0 fully saturated rings. The second-order valence-corrected chi connectivity index (χ2v) is 6.87. The number of aryl methyl sites for hydroxylation is 3. The van der Waals surface area contributed by atoms with Crippen LogP contribution in [-0.2, 0) is 9.59 Å². The molecule has 0 saturated heterocycles. The number of hydrogen-bond donors (Lipinski definition) is 2. The van der Waals surface area contributed by atoms with Gasteiger partial charge in [0.25, 0.3) is 5.91 Å². The molecule has 0 aromatic heterocycles. The SMILES string of the molecule is Cc1cc(C)c(NC(=O)CNC(=O)COc2cc(Cl)cc(Cl)c2)c(C)c1. The van der Waals surface area contributed by atoms with Crippen molar-refractivity contribution in [2.24, 2.45) is 0 Å². The van der Waals surface area contributed by atoms with Gasteiger partial charge in [0.05, 0.1) is 6.54 Å². The number of carbonyl (C=O) groups excluding carboxylic acids is 2. The van der Waals surface area contributed by atoms with E-state index in [9.17, 15) is 9.59 Å². The Kier molecular flexibility index (Phi) is 6.89. The van der Waals surface area contributed by atoms with Gasteiger partial charge in [-0.3, -0.25) is 9.59 Å². The van der Waals surface area contributed by atoms with E-state index in [0.717, 1.165) is 22.4 Å². The first-order valence-corrected chi connectivity index (χ1v) is 8.73. The van der Waals surface area contributed by atoms with Crippen molar-refractivity contribution < 1.29 is 14.3 Å². The minimum atomic E-state index is -0.423. The van der Waals surface area contributed by atoms with Crippen LogP contribution in [0.2, 0.25) is 10.0 Å². The standard InChI is InChI=1S/C19H20Cl2N2O3/c1-11-4-12(2)19(13(3)5-11)23-17(24)9-22-18(25)10-26-16-7-14(20)6-15(21)8-16/h4-8H,9-10H2,1-3H3,(H,22,25)(H,23,24). The zero-order valence-electron chi connectivity index (χ0n) is 14.8. The summed E-state index contributed by atoms with van der Waals surface area (Å²) in [5, 5.41) is 6.16. The quantitative estimate of drug-likeness (QED) is 0.776. The number of ether oxygens (including phenoxy) is 1. The molecule has 5 nitrogen and oxygen atoms in total. The highest BCUT2D eigenvalue weighted by Gasteiger charge is 2.10. The number of hydrogen-bond acceptors (Lipinski definition) is 3. The van der Waals surface area contributed by atoms with Crippen LogP contribution in [0.5, 0.6) is 5.75 Å². The van der Waals surface area contributed by atoms with Gasteiger partial charge in [0.1, 0.15) is 5.75 Å². The lowest BCUT2D eigenvalue weighted by atomic mass is 10.1. The smallest absolute Gasteiger partial charge is 0.258 e. The van der Waals surface area contributed by atoms with Gasteiger partial charge < -0.3 is 15.4 Å². The van der Waals surface area contributed by atoms with Crippen LogP contribution in [0.15, 0.2) is 30.3 Å². The van der Waals surface area contributed by atoms with Gasteiger partial charge in [-0.1, -0.05) is 40.9 Å². The Bertz CT molecular complexity index is 794. The van der Waals surface area contributed by atoms with Crippen molar-refractivity contribution in [2.75, 3.05) is 18.5 Å². The Morgan fingerprint density at radius 2 is 1.50 bits per heavy atom. The minimum absolute atomic E-state index is 0.148. The third-order valence-corrected chi connectivity index (χ3v) is 4.03. The highest BCUT2D eigenvalue weighted by Crippen LogP contribution is 2.24. The fourth-order valence-electron chi connectivity index (χ4n) is 2.55. The van der Waals surface area contributed by atoms with Crippen molar-refractivity contribution in [1.29, 1.82) is 0 Å². The molecular weight excluding hydrogens is 375 g/mol. The molecule has 0 spiro atoms. The molecule has 0 bridgehead atoms. The first kappa shape index (κ1) is 20.1. The first-order valence-electron chi connectivity index (χ1n) is 7.98. The summed E-state index contributed by atoms with van der Waals surface area (Å²) in [4.78, 5) is 23.9. The zero-order valence-corrected chi connectivity index (χ0v) is 16.3. The van der Waals surface area contributed by atoms with Crippen LogP contribution in [0.4, 0.5) is 5.69 Å². The van der Waals surface area contributed by atoms with E-state index in [2.05, 4.69) is 10.6 Å². The van der Waals surface area contributed by atoms with E-state index in [-0.39, 0.29) is 19.1 Å². The van der Waals surface area contributed by atoms with E-state index in [1.54, 1.807) is 18.2 Å². The summed E-state index contributed by atoms with van der Waals surface area (Å²) in [6.45, 7) is 5.47. The summed E-state index contributed by atoms with van der Waals surface area (Å²) >= 11 is 11.7. The first-order chi connectivity index (χ1) is 12.2. The molecule has 0 aliphatic rings. The van der Waals surface area contributed by atoms with Crippen LogP contribution in [0.1, 0.15) is 16.7 Å².